The number of rotatable bonds is 7. The summed E-state index contributed by atoms with van der Waals surface area (Å²) in [6.45, 7) is 7.55. The summed E-state index contributed by atoms with van der Waals surface area (Å²) in [7, 11) is 0. The highest BCUT2D eigenvalue weighted by atomic mass is 16.4. The van der Waals surface area contributed by atoms with Crippen molar-refractivity contribution in [3.05, 3.63) is 71.3 Å². The van der Waals surface area contributed by atoms with Crippen LogP contribution >= 0.6 is 0 Å². The van der Waals surface area contributed by atoms with Crippen LogP contribution in [0.4, 0.5) is 0 Å². The van der Waals surface area contributed by atoms with Gasteiger partial charge in [-0.2, -0.15) is 0 Å². The molecule has 2 aromatic rings. The molecule has 0 aliphatic heterocycles. The maximum absolute atomic E-state index is 12.9. The molecule has 0 atom stereocenters. The van der Waals surface area contributed by atoms with Gasteiger partial charge in [-0.05, 0) is 29.0 Å². The third-order valence-corrected chi connectivity index (χ3v) is 4.09. The highest BCUT2D eigenvalue weighted by Crippen LogP contribution is 2.19. The van der Waals surface area contributed by atoms with Crippen molar-refractivity contribution >= 4 is 11.9 Å². The average molecular weight is 353 g/mol. The Morgan fingerprint density at radius 1 is 0.962 bits per heavy atom. The van der Waals surface area contributed by atoms with Gasteiger partial charge in [-0.3, -0.25) is 4.79 Å². The molecule has 1 amide bonds. The minimum absolute atomic E-state index is 0.0105. The zero-order valence-electron chi connectivity index (χ0n) is 15.7. The summed E-state index contributed by atoms with van der Waals surface area (Å²) in [6, 6.07) is 16.8. The van der Waals surface area contributed by atoms with Crippen LogP contribution < -0.4 is 0 Å². The minimum atomic E-state index is -0.955. The van der Waals surface area contributed by atoms with Gasteiger partial charge in [-0.1, -0.05) is 69.3 Å². The number of carbonyl (C=O) groups is 2. The first-order valence-corrected chi connectivity index (χ1v) is 8.89. The van der Waals surface area contributed by atoms with Crippen LogP contribution in [-0.2, 0) is 17.8 Å². The summed E-state index contributed by atoms with van der Waals surface area (Å²) in [5.41, 5.74) is 2.05. The molecule has 0 saturated heterocycles. The van der Waals surface area contributed by atoms with Crippen molar-refractivity contribution < 1.29 is 14.7 Å². The second-order valence-electron chi connectivity index (χ2n) is 7.76. The van der Waals surface area contributed by atoms with Crippen molar-refractivity contribution in [1.82, 2.24) is 4.90 Å². The zero-order valence-corrected chi connectivity index (χ0v) is 15.7. The highest BCUT2D eigenvalue weighted by Gasteiger charge is 2.21. The number of aryl methyl sites for hydroxylation is 1. The van der Waals surface area contributed by atoms with Crippen molar-refractivity contribution in [3.8, 4) is 0 Å². The van der Waals surface area contributed by atoms with Crippen LogP contribution in [0.1, 0.15) is 48.7 Å². The van der Waals surface area contributed by atoms with Crippen molar-refractivity contribution in [3.63, 3.8) is 0 Å². The maximum atomic E-state index is 12.9. The van der Waals surface area contributed by atoms with Crippen LogP contribution in [0.3, 0.4) is 0 Å². The number of aromatic carboxylic acids is 1. The third-order valence-electron chi connectivity index (χ3n) is 4.09. The van der Waals surface area contributed by atoms with Gasteiger partial charge in [0.25, 0.3) is 0 Å². The fraction of sp³-hybridized carbons (Fsp3) is 0.364. The lowest BCUT2D eigenvalue weighted by atomic mass is 9.95. The fourth-order valence-corrected chi connectivity index (χ4v) is 2.96. The zero-order chi connectivity index (χ0) is 19.2. The van der Waals surface area contributed by atoms with Crippen LogP contribution in [0.15, 0.2) is 54.6 Å². The molecule has 0 aliphatic carbocycles. The van der Waals surface area contributed by atoms with E-state index in [9.17, 15) is 14.7 Å². The molecule has 0 bridgehead atoms. The Morgan fingerprint density at radius 2 is 1.58 bits per heavy atom. The molecule has 0 unspecified atom stereocenters. The molecule has 2 aromatic carbocycles. The normalized spacial score (nSPS) is 11.2. The van der Waals surface area contributed by atoms with Crippen LogP contribution in [-0.4, -0.2) is 28.4 Å². The van der Waals surface area contributed by atoms with Crippen molar-refractivity contribution in [1.29, 1.82) is 0 Å². The van der Waals surface area contributed by atoms with E-state index in [0.29, 0.717) is 31.5 Å². The lowest BCUT2D eigenvalue weighted by Crippen LogP contribution is -2.37. The molecule has 1 N–H and O–H groups in total. The quantitative estimate of drug-likeness (QED) is 0.803. The number of carboxylic acids is 1. The van der Waals surface area contributed by atoms with Crippen molar-refractivity contribution in [2.24, 2.45) is 5.41 Å². The Hall–Kier alpha value is -2.62. The smallest absolute Gasteiger partial charge is 0.335 e. The number of hydrogen-bond acceptors (Lipinski definition) is 2. The van der Waals surface area contributed by atoms with Crippen molar-refractivity contribution in [2.75, 3.05) is 6.54 Å². The largest absolute Gasteiger partial charge is 0.478 e. The van der Waals surface area contributed by atoms with E-state index in [1.165, 1.54) is 0 Å². The first-order valence-electron chi connectivity index (χ1n) is 8.89. The Kier molecular flexibility index (Phi) is 6.56. The molecule has 0 radical (unpaired) electrons. The van der Waals surface area contributed by atoms with E-state index >= 15 is 0 Å². The number of hydrogen-bond donors (Lipinski definition) is 1. The predicted octanol–water partition coefficient (Wildman–Crippen LogP) is 4.39. The summed E-state index contributed by atoms with van der Waals surface area (Å²) in [6.07, 6.45) is 0.726. The molecule has 26 heavy (non-hydrogen) atoms. The van der Waals surface area contributed by atoms with E-state index < -0.39 is 5.97 Å². The molecule has 0 aromatic heterocycles. The van der Waals surface area contributed by atoms with E-state index in [1.54, 1.807) is 18.2 Å². The van der Waals surface area contributed by atoms with Gasteiger partial charge in [-0.15, -0.1) is 0 Å². The first kappa shape index (κ1) is 19.7. The summed E-state index contributed by atoms with van der Waals surface area (Å²) < 4.78 is 0. The molecule has 0 aliphatic rings. The molecular weight excluding hydrogens is 326 g/mol. The first-order chi connectivity index (χ1) is 12.3. The Morgan fingerprint density at radius 3 is 2.19 bits per heavy atom. The lowest BCUT2D eigenvalue weighted by molar-refractivity contribution is -0.133. The molecule has 4 nitrogen and oxygen atoms in total. The molecule has 0 fully saturated rings. The number of nitrogens with zero attached hydrogens (tertiary/aromatic N) is 1. The van der Waals surface area contributed by atoms with Crippen LogP contribution in [0, 0.1) is 5.41 Å². The number of benzene rings is 2. The Labute approximate surface area is 155 Å². The number of carboxylic acid groups (broad SMARTS) is 1. The molecule has 4 heteroatoms. The van der Waals surface area contributed by atoms with Crippen LogP contribution in [0.25, 0.3) is 0 Å². The second kappa shape index (κ2) is 8.65. The minimum Gasteiger partial charge on any atom is -0.478 e. The van der Waals surface area contributed by atoms with Gasteiger partial charge in [0.1, 0.15) is 0 Å². The van der Waals surface area contributed by atoms with Gasteiger partial charge in [0, 0.05) is 19.5 Å². The average Bonchev–Trinajstić information content (AvgIpc) is 2.59. The number of carbonyl (C=O) groups excluding carboxylic acids is 1. The molecule has 0 saturated carbocycles. The summed E-state index contributed by atoms with van der Waals surface area (Å²) in [5, 5.41) is 9.29. The van der Waals surface area contributed by atoms with Crippen LogP contribution in [0.2, 0.25) is 0 Å². The van der Waals surface area contributed by atoms with Gasteiger partial charge in [0.05, 0.1) is 5.56 Å². The summed E-state index contributed by atoms with van der Waals surface area (Å²) >= 11 is 0. The van der Waals surface area contributed by atoms with Gasteiger partial charge in [0.15, 0.2) is 0 Å². The van der Waals surface area contributed by atoms with E-state index in [0.717, 1.165) is 5.56 Å². The molecule has 0 heterocycles. The van der Waals surface area contributed by atoms with E-state index in [2.05, 4.69) is 20.8 Å². The van der Waals surface area contributed by atoms with E-state index in [4.69, 9.17) is 0 Å². The van der Waals surface area contributed by atoms with E-state index in [-0.39, 0.29) is 16.9 Å². The SMILES string of the molecule is CC(C)(C)CN(Cc1ccccc1)C(=O)CCc1ccccc1C(=O)O. The summed E-state index contributed by atoms with van der Waals surface area (Å²) in [5.74, 6) is -0.909. The highest BCUT2D eigenvalue weighted by molar-refractivity contribution is 5.89. The summed E-state index contributed by atoms with van der Waals surface area (Å²) in [4.78, 5) is 26.1. The Bertz CT molecular complexity index is 747. The monoisotopic (exact) mass is 353 g/mol. The van der Waals surface area contributed by atoms with Gasteiger partial charge >= 0.3 is 5.97 Å². The predicted molar refractivity (Wildman–Crippen MR) is 103 cm³/mol. The molecule has 138 valence electrons. The number of amides is 1. The molecule has 2 rings (SSSR count). The van der Waals surface area contributed by atoms with Crippen LogP contribution in [0.5, 0.6) is 0 Å². The van der Waals surface area contributed by atoms with Gasteiger partial charge < -0.3 is 10.0 Å². The van der Waals surface area contributed by atoms with Gasteiger partial charge in [0.2, 0.25) is 5.91 Å². The lowest BCUT2D eigenvalue weighted by Gasteiger charge is -2.30. The topological polar surface area (TPSA) is 57.6 Å². The Balaban J connectivity index is 2.10. The molecular formula is C22H27NO3. The maximum Gasteiger partial charge on any atom is 0.335 e. The van der Waals surface area contributed by atoms with Crippen molar-refractivity contribution in [2.45, 2.75) is 40.2 Å². The standard InChI is InChI=1S/C22H27NO3/c1-22(2,3)16-23(15-17-9-5-4-6-10-17)20(24)14-13-18-11-7-8-12-19(18)21(25)26/h4-12H,13-16H2,1-3H3,(H,25,26). The second-order valence-corrected chi connectivity index (χ2v) is 7.76. The fourth-order valence-electron chi connectivity index (χ4n) is 2.96. The third kappa shape index (κ3) is 6.03. The molecule has 0 spiro atoms. The van der Waals surface area contributed by atoms with Gasteiger partial charge in [-0.25, -0.2) is 4.79 Å². The van der Waals surface area contributed by atoms with E-state index in [1.807, 2.05) is 41.3 Å².